The first-order valence-corrected chi connectivity index (χ1v) is 8.12. The monoisotopic (exact) mass is 301 g/mol. The van der Waals surface area contributed by atoms with E-state index < -0.39 is 0 Å². The molecule has 0 unspecified atom stereocenters. The van der Waals surface area contributed by atoms with Crippen LogP contribution in [0.2, 0.25) is 0 Å². The van der Waals surface area contributed by atoms with Crippen LogP contribution in [0.15, 0.2) is 29.6 Å². The molecular formula is C16H19N3OS. The van der Waals surface area contributed by atoms with Gasteiger partial charge in [-0.05, 0) is 44.4 Å². The van der Waals surface area contributed by atoms with Crippen LogP contribution in [0.4, 0.5) is 5.69 Å². The molecule has 0 saturated heterocycles. The van der Waals surface area contributed by atoms with Gasteiger partial charge in [0.25, 0.3) is 0 Å². The zero-order valence-electron chi connectivity index (χ0n) is 12.1. The minimum absolute atomic E-state index is 0.00209. The molecule has 1 aromatic carbocycles. The van der Waals surface area contributed by atoms with Crippen LogP contribution in [0, 0.1) is 12.8 Å². The highest BCUT2D eigenvalue weighted by Gasteiger charge is 2.20. The number of thiazole rings is 1. The highest BCUT2D eigenvalue weighted by molar-refractivity contribution is 7.09. The second kappa shape index (κ2) is 6.37. The molecule has 110 valence electrons. The van der Waals surface area contributed by atoms with Crippen molar-refractivity contribution in [2.45, 2.75) is 19.8 Å². The predicted molar refractivity (Wildman–Crippen MR) is 86.5 cm³/mol. The average Bonchev–Trinajstić information content (AvgIpc) is 3.18. The smallest absolute Gasteiger partial charge is 0.238 e. The number of hydrogen-bond donors (Lipinski definition) is 2. The first kappa shape index (κ1) is 14.2. The van der Waals surface area contributed by atoms with Crippen LogP contribution >= 0.6 is 11.3 Å². The van der Waals surface area contributed by atoms with E-state index in [0.717, 1.165) is 34.4 Å². The molecule has 1 amide bonds. The molecule has 3 rings (SSSR count). The van der Waals surface area contributed by atoms with Gasteiger partial charge in [-0.25, -0.2) is 4.98 Å². The number of carbonyl (C=O) groups excluding carboxylic acids is 1. The fourth-order valence-electron chi connectivity index (χ4n) is 2.17. The van der Waals surface area contributed by atoms with Gasteiger partial charge < -0.3 is 10.6 Å². The second-order valence-electron chi connectivity index (χ2n) is 5.46. The second-order valence-corrected chi connectivity index (χ2v) is 6.52. The SMILES string of the molecule is Cc1nc(-c2cccc(NC(=O)CNCC3CC3)c2)cs1. The van der Waals surface area contributed by atoms with E-state index in [1.807, 2.05) is 36.6 Å². The van der Waals surface area contributed by atoms with Crippen molar-refractivity contribution in [2.75, 3.05) is 18.4 Å². The molecule has 0 spiro atoms. The Bertz CT molecular complexity index is 634. The van der Waals surface area contributed by atoms with Crippen LogP contribution in [0.25, 0.3) is 11.3 Å². The predicted octanol–water partition coefficient (Wildman–Crippen LogP) is 3.06. The number of nitrogens with zero attached hydrogens (tertiary/aromatic N) is 1. The zero-order chi connectivity index (χ0) is 14.7. The summed E-state index contributed by atoms with van der Waals surface area (Å²) in [7, 11) is 0. The van der Waals surface area contributed by atoms with E-state index in [1.165, 1.54) is 12.8 Å². The number of anilines is 1. The summed E-state index contributed by atoms with van der Waals surface area (Å²) in [5.74, 6) is 0.788. The van der Waals surface area contributed by atoms with Gasteiger partial charge >= 0.3 is 0 Å². The summed E-state index contributed by atoms with van der Waals surface area (Å²) < 4.78 is 0. The van der Waals surface area contributed by atoms with Gasteiger partial charge in [-0.15, -0.1) is 11.3 Å². The van der Waals surface area contributed by atoms with Crippen LogP contribution < -0.4 is 10.6 Å². The van der Waals surface area contributed by atoms with Gasteiger partial charge in [0, 0.05) is 16.6 Å². The Hall–Kier alpha value is -1.72. The van der Waals surface area contributed by atoms with Gasteiger partial charge in [0.05, 0.1) is 17.2 Å². The maximum Gasteiger partial charge on any atom is 0.238 e. The van der Waals surface area contributed by atoms with Crippen molar-refractivity contribution in [1.29, 1.82) is 0 Å². The third kappa shape index (κ3) is 4.12. The topological polar surface area (TPSA) is 54.0 Å². The van der Waals surface area contributed by atoms with E-state index in [-0.39, 0.29) is 5.91 Å². The highest BCUT2D eigenvalue weighted by atomic mass is 32.1. The van der Waals surface area contributed by atoms with E-state index in [1.54, 1.807) is 11.3 Å². The fourth-order valence-corrected chi connectivity index (χ4v) is 2.79. The van der Waals surface area contributed by atoms with Crippen LogP contribution in [0.3, 0.4) is 0 Å². The molecule has 1 fully saturated rings. The molecule has 2 aromatic rings. The third-order valence-electron chi connectivity index (χ3n) is 3.48. The number of rotatable bonds is 6. The summed E-state index contributed by atoms with van der Waals surface area (Å²) in [6, 6.07) is 7.82. The standard InChI is InChI=1S/C16H19N3OS/c1-11-18-15(10-21-11)13-3-2-4-14(7-13)19-16(20)9-17-8-12-5-6-12/h2-4,7,10,12,17H,5-6,8-9H2,1H3,(H,19,20). The quantitative estimate of drug-likeness (QED) is 0.862. The first-order chi connectivity index (χ1) is 10.2. The molecule has 0 radical (unpaired) electrons. The molecule has 0 aliphatic heterocycles. The summed E-state index contributed by atoms with van der Waals surface area (Å²) in [4.78, 5) is 16.3. The number of nitrogens with one attached hydrogen (secondary N) is 2. The van der Waals surface area contributed by atoms with Crippen molar-refractivity contribution in [3.63, 3.8) is 0 Å². The summed E-state index contributed by atoms with van der Waals surface area (Å²) in [6.45, 7) is 3.31. The molecule has 5 heteroatoms. The number of amides is 1. The lowest BCUT2D eigenvalue weighted by molar-refractivity contribution is -0.115. The number of aryl methyl sites for hydroxylation is 1. The number of aromatic nitrogens is 1. The lowest BCUT2D eigenvalue weighted by Crippen LogP contribution is -2.29. The molecule has 2 N–H and O–H groups in total. The van der Waals surface area contributed by atoms with E-state index >= 15 is 0 Å². The average molecular weight is 301 g/mol. The number of carbonyl (C=O) groups is 1. The summed E-state index contributed by atoms with van der Waals surface area (Å²) >= 11 is 1.63. The normalized spacial score (nSPS) is 14.1. The Balaban J connectivity index is 1.58. The number of benzene rings is 1. The Morgan fingerprint density at radius 2 is 2.29 bits per heavy atom. The Morgan fingerprint density at radius 3 is 3.00 bits per heavy atom. The molecule has 1 aliphatic rings. The zero-order valence-corrected chi connectivity index (χ0v) is 12.9. The van der Waals surface area contributed by atoms with E-state index in [9.17, 15) is 4.79 Å². The summed E-state index contributed by atoms with van der Waals surface area (Å²) in [6.07, 6.45) is 2.59. The minimum atomic E-state index is 0.00209. The molecule has 0 bridgehead atoms. The largest absolute Gasteiger partial charge is 0.325 e. The molecule has 1 aliphatic carbocycles. The van der Waals surface area contributed by atoms with E-state index in [2.05, 4.69) is 15.6 Å². The van der Waals surface area contributed by atoms with Crippen molar-refractivity contribution in [2.24, 2.45) is 5.92 Å². The maximum absolute atomic E-state index is 11.9. The fraction of sp³-hybridized carbons (Fsp3) is 0.375. The van der Waals surface area contributed by atoms with Crippen LogP contribution in [0.5, 0.6) is 0 Å². The molecular weight excluding hydrogens is 282 g/mol. The minimum Gasteiger partial charge on any atom is -0.325 e. The number of hydrogen-bond acceptors (Lipinski definition) is 4. The lowest BCUT2D eigenvalue weighted by atomic mass is 10.1. The molecule has 0 atom stereocenters. The summed E-state index contributed by atoms with van der Waals surface area (Å²) in [5.41, 5.74) is 2.81. The van der Waals surface area contributed by atoms with Gasteiger partial charge in [0.2, 0.25) is 5.91 Å². The summed E-state index contributed by atoms with van der Waals surface area (Å²) in [5, 5.41) is 9.20. The molecule has 21 heavy (non-hydrogen) atoms. The first-order valence-electron chi connectivity index (χ1n) is 7.24. The van der Waals surface area contributed by atoms with Crippen molar-refractivity contribution in [3.05, 3.63) is 34.7 Å². The van der Waals surface area contributed by atoms with Crippen molar-refractivity contribution in [3.8, 4) is 11.3 Å². The third-order valence-corrected chi connectivity index (χ3v) is 4.25. The van der Waals surface area contributed by atoms with Crippen molar-refractivity contribution < 1.29 is 4.79 Å². The Labute approximate surface area is 128 Å². The van der Waals surface area contributed by atoms with Gasteiger partial charge in [0.15, 0.2) is 0 Å². The van der Waals surface area contributed by atoms with Gasteiger partial charge in [-0.3, -0.25) is 4.79 Å². The Kier molecular flexibility index (Phi) is 4.31. The molecule has 4 nitrogen and oxygen atoms in total. The maximum atomic E-state index is 11.9. The van der Waals surface area contributed by atoms with Crippen LogP contribution in [0.1, 0.15) is 17.8 Å². The van der Waals surface area contributed by atoms with Gasteiger partial charge in [-0.2, -0.15) is 0 Å². The van der Waals surface area contributed by atoms with Crippen molar-refractivity contribution in [1.82, 2.24) is 10.3 Å². The molecule has 1 saturated carbocycles. The lowest BCUT2D eigenvalue weighted by Gasteiger charge is -2.07. The van der Waals surface area contributed by atoms with Crippen LogP contribution in [-0.4, -0.2) is 24.0 Å². The van der Waals surface area contributed by atoms with Gasteiger partial charge in [0.1, 0.15) is 0 Å². The van der Waals surface area contributed by atoms with E-state index in [4.69, 9.17) is 0 Å². The molecule has 1 heterocycles. The van der Waals surface area contributed by atoms with Crippen LogP contribution in [-0.2, 0) is 4.79 Å². The van der Waals surface area contributed by atoms with Gasteiger partial charge in [-0.1, -0.05) is 12.1 Å². The molecule has 1 aromatic heterocycles. The van der Waals surface area contributed by atoms with E-state index in [0.29, 0.717) is 6.54 Å². The Morgan fingerprint density at radius 1 is 1.43 bits per heavy atom. The highest BCUT2D eigenvalue weighted by Crippen LogP contribution is 2.27. The van der Waals surface area contributed by atoms with Crippen molar-refractivity contribution >= 4 is 22.9 Å².